The van der Waals surface area contributed by atoms with Crippen LogP contribution in [0.15, 0.2) is 35.7 Å². The minimum absolute atomic E-state index is 0.546. The van der Waals surface area contributed by atoms with Crippen LogP contribution in [0.25, 0.3) is 0 Å². The molecule has 0 spiro atoms. The standard InChI is InChI=1S/C18H23NO2S/c1-19(2)12-11-18(20,17-10-5-13-22-17)21-16-9-4-7-14-6-3-8-15(14)16/h4-5,7,9-10,13,20H,3,6,8,11-12H2,1-2H3. The van der Waals surface area contributed by atoms with Crippen LogP contribution in [-0.4, -0.2) is 30.6 Å². The topological polar surface area (TPSA) is 32.7 Å². The smallest absolute Gasteiger partial charge is 0.245 e. The minimum atomic E-state index is -1.25. The molecule has 118 valence electrons. The first-order valence-electron chi connectivity index (χ1n) is 7.79. The van der Waals surface area contributed by atoms with Crippen LogP contribution in [0.1, 0.15) is 28.8 Å². The van der Waals surface area contributed by atoms with E-state index in [1.807, 2.05) is 43.7 Å². The van der Waals surface area contributed by atoms with Gasteiger partial charge in [0.25, 0.3) is 0 Å². The molecule has 1 aliphatic rings. The van der Waals surface area contributed by atoms with E-state index in [1.54, 1.807) is 11.3 Å². The van der Waals surface area contributed by atoms with Crippen molar-refractivity contribution in [2.45, 2.75) is 31.5 Å². The molecule has 0 saturated heterocycles. The zero-order valence-corrected chi connectivity index (χ0v) is 14.0. The highest BCUT2D eigenvalue weighted by Gasteiger charge is 2.34. The Morgan fingerprint density at radius 1 is 1.23 bits per heavy atom. The molecule has 1 heterocycles. The second-order valence-electron chi connectivity index (χ2n) is 6.16. The lowest BCUT2D eigenvalue weighted by atomic mass is 10.1. The van der Waals surface area contributed by atoms with Gasteiger partial charge in [-0.2, -0.15) is 0 Å². The van der Waals surface area contributed by atoms with Gasteiger partial charge in [-0.15, -0.1) is 11.3 Å². The molecule has 0 aliphatic heterocycles. The summed E-state index contributed by atoms with van der Waals surface area (Å²) in [4.78, 5) is 2.93. The van der Waals surface area contributed by atoms with E-state index in [-0.39, 0.29) is 0 Å². The summed E-state index contributed by atoms with van der Waals surface area (Å²) in [5, 5.41) is 13.1. The largest absolute Gasteiger partial charge is 0.457 e. The fourth-order valence-electron chi connectivity index (χ4n) is 2.96. The van der Waals surface area contributed by atoms with E-state index < -0.39 is 5.79 Å². The molecule has 0 bridgehead atoms. The lowest BCUT2D eigenvalue weighted by Gasteiger charge is -2.30. The van der Waals surface area contributed by atoms with Crippen molar-refractivity contribution >= 4 is 11.3 Å². The summed E-state index contributed by atoms with van der Waals surface area (Å²) in [6, 6.07) is 10.1. The molecule has 3 nitrogen and oxygen atoms in total. The number of aryl methyl sites for hydroxylation is 1. The third-order valence-corrected chi connectivity index (χ3v) is 5.19. The molecule has 1 unspecified atom stereocenters. The first-order valence-corrected chi connectivity index (χ1v) is 8.67. The Hall–Kier alpha value is -1.36. The van der Waals surface area contributed by atoms with Gasteiger partial charge in [-0.3, -0.25) is 0 Å². The maximum Gasteiger partial charge on any atom is 0.245 e. The number of ether oxygens (including phenoxy) is 1. The van der Waals surface area contributed by atoms with Gasteiger partial charge in [0.05, 0.1) is 4.88 Å². The lowest BCUT2D eigenvalue weighted by molar-refractivity contribution is -0.151. The molecule has 0 radical (unpaired) electrons. The molecule has 2 aromatic rings. The highest BCUT2D eigenvalue weighted by Crippen LogP contribution is 2.37. The molecule has 3 rings (SSSR count). The molecule has 1 aromatic carbocycles. The lowest BCUT2D eigenvalue weighted by Crippen LogP contribution is -2.35. The number of hydrogen-bond donors (Lipinski definition) is 1. The van der Waals surface area contributed by atoms with Crippen molar-refractivity contribution in [3.8, 4) is 5.75 Å². The Balaban J connectivity index is 1.89. The maximum absolute atomic E-state index is 11.2. The van der Waals surface area contributed by atoms with E-state index in [2.05, 4.69) is 11.0 Å². The SMILES string of the molecule is CN(C)CCC(O)(Oc1cccc2c1CCC2)c1cccs1. The summed E-state index contributed by atoms with van der Waals surface area (Å²) < 4.78 is 6.18. The summed E-state index contributed by atoms with van der Waals surface area (Å²) in [5.41, 5.74) is 2.63. The van der Waals surface area contributed by atoms with Crippen molar-refractivity contribution in [1.29, 1.82) is 0 Å². The molecule has 4 heteroatoms. The highest BCUT2D eigenvalue weighted by molar-refractivity contribution is 7.10. The molecule has 0 amide bonds. The van der Waals surface area contributed by atoms with Gasteiger partial charge in [0, 0.05) is 13.0 Å². The van der Waals surface area contributed by atoms with Crippen molar-refractivity contribution in [2.75, 3.05) is 20.6 Å². The van der Waals surface area contributed by atoms with Gasteiger partial charge >= 0.3 is 0 Å². The predicted molar refractivity (Wildman–Crippen MR) is 90.5 cm³/mol. The van der Waals surface area contributed by atoms with Crippen molar-refractivity contribution < 1.29 is 9.84 Å². The van der Waals surface area contributed by atoms with E-state index in [1.165, 1.54) is 17.5 Å². The van der Waals surface area contributed by atoms with Crippen LogP contribution in [-0.2, 0) is 18.6 Å². The van der Waals surface area contributed by atoms with E-state index in [0.29, 0.717) is 6.42 Å². The number of nitrogens with zero attached hydrogens (tertiary/aromatic N) is 1. The van der Waals surface area contributed by atoms with Crippen LogP contribution < -0.4 is 4.74 Å². The van der Waals surface area contributed by atoms with Crippen molar-refractivity contribution in [1.82, 2.24) is 4.90 Å². The third-order valence-electron chi connectivity index (χ3n) is 4.19. The number of aliphatic hydroxyl groups is 1. The zero-order chi connectivity index (χ0) is 15.6. The number of thiophene rings is 1. The first kappa shape index (κ1) is 15.5. The molecule has 1 aromatic heterocycles. The average molecular weight is 317 g/mol. The fraction of sp³-hybridized carbons (Fsp3) is 0.444. The monoisotopic (exact) mass is 317 g/mol. The van der Waals surface area contributed by atoms with Gasteiger partial charge in [0.1, 0.15) is 5.75 Å². The number of fused-ring (bicyclic) bond motifs is 1. The molecule has 22 heavy (non-hydrogen) atoms. The Morgan fingerprint density at radius 3 is 2.82 bits per heavy atom. The molecule has 1 N–H and O–H groups in total. The number of rotatable bonds is 6. The van der Waals surface area contributed by atoms with Gasteiger partial charge in [-0.1, -0.05) is 18.2 Å². The summed E-state index contributed by atoms with van der Waals surface area (Å²) in [7, 11) is 4.02. The van der Waals surface area contributed by atoms with Gasteiger partial charge in [0.2, 0.25) is 5.79 Å². The van der Waals surface area contributed by atoms with Crippen LogP contribution >= 0.6 is 11.3 Å². The molecular weight excluding hydrogens is 294 g/mol. The van der Waals surface area contributed by atoms with Crippen LogP contribution in [0.3, 0.4) is 0 Å². The van der Waals surface area contributed by atoms with Crippen molar-refractivity contribution in [3.05, 3.63) is 51.7 Å². The Kier molecular flexibility index (Phi) is 4.52. The van der Waals surface area contributed by atoms with Gasteiger partial charge in [-0.05, 0) is 62.0 Å². The van der Waals surface area contributed by atoms with E-state index in [0.717, 1.165) is 30.0 Å². The second-order valence-corrected chi connectivity index (χ2v) is 7.11. The van der Waals surface area contributed by atoms with Gasteiger partial charge in [-0.25, -0.2) is 0 Å². The fourth-order valence-corrected chi connectivity index (χ4v) is 3.75. The normalized spacial score (nSPS) is 16.5. The summed E-state index contributed by atoms with van der Waals surface area (Å²) in [6.07, 6.45) is 3.87. The number of benzene rings is 1. The third kappa shape index (κ3) is 3.19. The summed E-state index contributed by atoms with van der Waals surface area (Å²) in [5.74, 6) is -0.416. The summed E-state index contributed by atoms with van der Waals surface area (Å²) >= 11 is 1.54. The van der Waals surface area contributed by atoms with Crippen LogP contribution in [0.5, 0.6) is 5.75 Å². The van der Waals surface area contributed by atoms with E-state index in [9.17, 15) is 5.11 Å². The Morgan fingerprint density at radius 2 is 2.09 bits per heavy atom. The van der Waals surface area contributed by atoms with Crippen LogP contribution in [0, 0.1) is 0 Å². The quantitative estimate of drug-likeness (QED) is 0.829. The molecule has 0 fully saturated rings. The first-order chi connectivity index (χ1) is 10.6. The highest BCUT2D eigenvalue weighted by atomic mass is 32.1. The second kappa shape index (κ2) is 6.41. The Bertz CT molecular complexity index is 624. The van der Waals surface area contributed by atoms with Crippen molar-refractivity contribution in [2.24, 2.45) is 0 Å². The van der Waals surface area contributed by atoms with Gasteiger partial charge in [0.15, 0.2) is 0 Å². The average Bonchev–Trinajstić information content (AvgIpc) is 3.17. The zero-order valence-electron chi connectivity index (χ0n) is 13.2. The molecular formula is C18H23NO2S. The molecule has 0 saturated carbocycles. The minimum Gasteiger partial charge on any atom is -0.457 e. The van der Waals surface area contributed by atoms with Crippen molar-refractivity contribution in [3.63, 3.8) is 0 Å². The van der Waals surface area contributed by atoms with E-state index >= 15 is 0 Å². The van der Waals surface area contributed by atoms with Crippen LogP contribution in [0.4, 0.5) is 0 Å². The predicted octanol–water partition coefficient (Wildman–Crippen LogP) is 3.41. The molecule has 1 aliphatic carbocycles. The number of hydrogen-bond acceptors (Lipinski definition) is 4. The van der Waals surface area contributed by atoms with E-state index in [4.69, 9.17) is 4.74 Å². The maximum atomic E-state index is 11.2. The Labute approximate surface area is 136 Å². The van der Waals surface area contributed by atoms with Crippen LogP contribution in [0.2, 0.25) is 0 Å². The molecule has 1 atom stereocenters. The van der Waals surface area contributed by atoms with Gasteiger partial charge < -0.3 is 14.7 Å². The summed E-state index contributed by atoms with van der Waals surface area (Å²) in [6.45, 7) is 0.767.